The van der Waals surface area contributed by atoms with Crippen LogP contribution in [0.3, 0.4) is 0 Å². The van der Waals surface area contributed by atoms with Crippen molar-refractivity contribution in [1.29, 1.82) is 0 Å². The first kappa shape index (κ1) is 55.9. The minimum Gasteiger partial charge on any atom is -0.508 e. The molecule has 0 radical (unpaired) electrons. The van der Waals surface area contributed by atoms with E-state index in [1.165, 1.54) is 60.9 Å². The zero-order valence-electron chi connectivity index (χ0n) is 42.3. The van der Waals surface area contributed by atoms with Crippen molar-refractivity contribution in [2.75, 3.05) is 33.5 Å². The van der Waals surface area contributed by atoms with E-state index in [9.17, 15) is 22.7 Å². The van der Waals surface area contributed by atoms with Crippen LogP contribution in [0.25, 0.3) is 39.4 Å². The predicted molar refractivity (Wildman–Crippen MR) is 290 cm³/mol. The Bertz CT molecular complexity index is 3540. The fraction of sp³-hybridized carbons (Fsp3) is 0.232. The van der Waals surface area contributed by atoms with E-state index in [1.54, 1.807) is 69.0 Å². The van der Waals surface area contributed by atoms with Crippen LogP contribution < -0.4 is 18.9 Å². The van der Waals surface area contributed by atoms with E-state index in [0.29, 0.717) is 62.2 Å². The van der Waals surface area contributed by atoms with Gasteiger partial charge in [0.2, 0.25) is 12.0 Å². The third-order valence-corrected chi connectivity index (χ3v) is 14.6. The molecule has 2 atom stereocenters. The third kappa shape index (κ3) is 12.6. The molecule has 0 unspecified atom stereocenters. The maximum Gasteiger partial charge on any atom is 0.347 e. The quantitative estimate of drug-likeness (QED) is 0.0275. The van der Waals surface area contributed by atoms with Crippen molar-refractivity contribution in [3.05, 3.63) is 171 Å². The van der Waals surface area contributed by atoms with Gasteiger partial charge in [0, 0.05) is 23.7 Å². The van der Waals surface area contributed by atoms with Gasteiger partial charge in [-0.3, -0.25) is 4.18 Å². The number of methoxy groups -OCH3 is 1. The highest BCUT2D eigenvalue weighted by atomic mass is 35.5. The van der Waals surface area contributed by atoms with E-state index in [1.807, 2.05) is 25.1 Å². The number of esters is 1. The van der Waals surface area contributed by atoms with Crippen LogP contribution in [0.2, 0.25) is 15.1 Å². The van der Waals surface area contributed by atoms with Gasteiger partial charge in [0.25, 0.3) is 10.1 Å². The zero-order chi connectivity index (χ0) is 55.0. The van der Waals surface area contributed by atoms with Crippen molar-refractivity contribution < 1.29 is 55.3 Å². The highest BCUT2D eigenvalue weighted by molar-refractivity contribution is 7.86. The largest absolute Gasteiger partial charge is 0.508 e. The van der Waals surface area contributed by atoms with Crippen LogP contribution in [0.1, 0.15) is 34.9 Å². The highest BCUT2D eigenvalue weighted by Gasteiger charge is 2.33. The molecule has 0 bridgehead atoms. The van der Waals surface area contributed by atoms with Gasteiger partial charge < -0.3 is 38.1 Å². The van der Waals surface area contributed by atoms with E-state index in [-0.39, 0.29) is 81.2 Å². The van der Waals surface area contributed by atoms with Gasteiger partial charge in [0.15, 0.2) is 11.6 Å². The summed E-state index contributed by atoms with van der Waals surface area (Å²) >= 11 is 21.8. The van der Waals surface area contributed by atoms with Gasteiger partial charge in [-0.2, -0.15) is 13.4 Å². The molecule has 3 heterocycles. The number of hydrogen-bond donors (Lipinski definition) is 1. The highest BCUT2D eigenvalue weighted by Crippen LogP contribution is 2.48. The number of phenolic OH excluding ortho intramolecular Hbond substituents is 1. The van der Waals surface area contributed by atoms with Crippen LogP contribution in [-0.2, 0) is 41.6 Å². The monoisotopic (exact) mass is 1130 g/mol. The number of carbonyl (C=O) groups excluding carboxylic acids is 1. The number of phenols is 1. The van der Waals surface area contributed by atoms with Crippen LogP contribution in [0.15, 0.2) is 127 Å². The van der Waals surface area contributed by atoms with Crippen molar-refractivity contribution in [3.63, 3.8) is 0 Å². The van der Waals surface area contributed by atoms with E-state index in [0.717, 1.165) is 5.56 Å². The average molecular weight is 1130 g/mol. The Hall–Kier alpha value is -7.32. The lowest BCUT2D eigenvalue weighted by Crippen LogP contribution is -2.32. The molecule has 1 N–H and O–H groups in total. The molecule has 0 saturated heterocycles. The van der Waals surface area contributed by atoms with Crippen molar-refractivity contribution >= 4 is 61.9 Å². The molecule has 21 heteroatoms. The van der Waals surface area contributed by atoms with E-state index >= 15 is 0 Å². The summed E-state index contributed by atoms with van der Waals surface area (Å²) in [5.74, 6) is -0.271. The lowest BCUT2D eigenvalue weighted by molar-refractivity contribution is -0.151. The fourth-order valence-electron chi connectivity index (χ4n) is 8.29. The van der Waals surface area contributed by atoms with Crippen molar-refractivity contribution in [3.8, 4) is 57.2 Å². The van der Waals surface area contributed by atoms with Crippen LogP contribution in [0.5, 0.6) is 28.9 Å². The number of hydrogen-bond acceptors (Lipinski definition) is 15. The average Bonchev–Trinajstić information content (AvgIpc) is 3.78. The summed E-state index contributed by atoms with van der Waals surface area (Å²) in [6.45, 7) is 9.97. The molecule has 5 aromatic carbocycles. The van der Waals surface area contributed by atoms with Crippen LogP contribution >= 0.6 is 34.8 Å². The summed E-state index contributed by atoms with van der Waals surface area (Å²) in [5, 5.41) is 10.9. The number of aromatic nitrogens is 5. The minimum atomic E-state index is -4.23. The van der Waals surface area contributed by atoms with E-state index in [4.69, 9.17) is 72.4 Å². The number of carbonyl (C=O) groups is 1. The van der Waals surface area contributed by atoms with Gasteiger partial charge in [-0.25, -0.2) is 24.1 Å². The summed E-state index contributed by atoms with van der Waals surface area (Å²) in [6, 6.07) is 25.2. The Kier molecular flexibility index (Phi) is 18.0. The molecule has 8 rings (SSSR count). The van der Waals surface area contributed by atoms with E-state index < -0.39 is 40.7 Å². The molecule has 0 aliphatic heterocycles. The first-order chi connectivity index (χ1) is 37.0. The number of nitrogens with zero attached hydrogens (tertiary/aromatic N) is 5. The third-order valence-electron chi connectivity index (χ3n) is 12.0. The maximum absolute atomic E-state index is 14.6. The summed E-state index contributed by atoms with van der Waals surface area (Å²) < 4.78 is 84.4. The second-order valence-electron chi connectivity index (χ2n) is 17.3. The molecule has 16 nitrogen and oxygen atoms in total. The smallest absolute Gasteiger partial charge is 0.347 e. The number of fused-ring (bicyclic) bond motifs is 1. The predicted octanol–water partition coefficient (Wildman–Crippen LogP) is 11.8. The fourth-order valence-corrected chi connectivity index (χ4v) is 10.1. The summed E-state index contributed by atoms with van der Waals surface area (Å²) in [7, 11) is -2.67. The molecule has 77 heavy (non-hydrogen) atoms. The molecule has 0 spiro atoms. The molecular weight excluding hydrogens is 1080 g/mol. The Morgan fingerprint density at radius 1 is 0.870 bits per heavy atom. The minimum absolute atomic E-state index is 0.00635. The number of aryl methyl sites for hydroxylation is 1. The number of aromatic hydroxyl groups is 1. The number of ether oxygens (including phenoxy) is 6. The number of para-hydroxylation sites is 1. The molecule has 8 aromatic rings. The van der Waals surface area contributed by atoms with Crippen molar-refractivity contribution in [2.45, 2.75) is 57.8 Å². The molecular formula is C56H51Cl3FN5O11S. The SMILES string of the molecule is C=CCOC[C@H](COS(=O)(=O)c1ccc(C)cc1)Oc1c(Cl)c(C)c(-n2c(-c3ccc(F)cc3)c(Cl)c3ncnc(O[C@H](Cc4cc(O)ccc4OCc4ccnc(-c5ccccc5OC)n4)C(=O)OCC)c32)c(C)c1Cl. The molecule has 3 aromatic heterocycles. The van der Waals surface area contributed by atoms with Gasteiger partial charge >= 0.3 is 5.97 Å². The Morgan fingerprint density at radius 3 is 2.30 bits per heavy atom. The second kappa shape index (κ2) is 24.8. The molecule has 0 aliphatic carbocycles. The van der Waals surface area contributed by atoms with Gasteiger partial charge in [-0.15, -0.1) is 6.58 Å². The van der Waals surface area contributed by atoms with Crippen molar-refractivity contribution in [1.82, 2.24) is 24.5 Å². The summed E-state index contributed by atoms with van der Waals surface area (Å²) in [4.78, 5) is 32.2. The van der Waals surface area contributed by atoms with Crippen LogP contribution in [0.4, 0.5) is 4.39 Å². The Labute approximate surface area is 459 Å². The summed E-state index contributed by atoms with van der Waals surface area (Å²) in [6.07, 6.45) is 1.62. The molecule has 0 aliphatic rings. The first-order valence-electron chi connectivity index (χ1n) is 23.9. The number of rotatable bonds is 23. The van der Waals surface area contributed by atoms with Crippen molar-refractivity contribution in [2.24, 2.45) is 0 Å². The first-order valence-corrected chi connectivity index (χ1v) is 26.4. The number of benzene rings is 5. The van der Waals surface area contributed by atoms with Gasteiger partial charge in [0.05, 0.1) is 69.5 Å². The van der Waals surface area contributed by atoms with Crippen LogP contribution in [0, 0.1) is 26.6 Å². The molecule has 0 fully saturated rings. The maximum atomic E-state index is 14.6. The van der Waals surface area contributed by atoms with Gasteiger partial charge in [-0.1, -0.05) is 70.7 Å². The summed E-state index contributed by atoms with van der Waals surface area (Å²) in [5.41, 5.74) is 4.55. The topological polar surface area (TPSA) is 193 Å². The lowest BCUT2D eigenvalue weighted by Gasteiger charge is -2.25. The van der Waals surface area contributed by atoms with Gasteiger partial charge in [0.1, 0.15) is 59.7 Å². The normalized spacial score (nSPS) is 12.3. The number of halogens is 4. The van der Waals surface area contributed by atoms with Gasteiger partial charge in [-0.05, 0) is 112 Å². The standard InChI is InChI=1S/C56H51Cl3FN5O11S/c1-7-25-71-29-40(30-74-77(68,69)41-20-13-32(3)14-21-41)75-53-46(57)33(4)50(34(5)47(53)58)65-51(35-15-17-37(60)18-16-35)48(59)49-52(65)55(63-31-62-49)76-45(56(67)72-8-2)27-36-26-39(66)19-22-43(36)73-28-38-23-24-61-54(64-38)42-11-9-10-12-44(42)70-6/h7,9-24,26,31,40,45,66H,1,8,25,27-30H2,2-6H3/t40-,45-/m1/s1. The Morgan fingerprint density at radius 2 is 1.60 bits per heavy atom. The second-order valence-corrected chi connectivity index (χ2v) is 20.0. The molecule has 400 valence electrons. The Balaban J connectivity index is 1.19. The van der Waals surface area contributed by atoms with E-state index in [2.05, 4.69) is 21.5 Å². The molecule has 0 amide bonds. The zero-order valence-corrected chi connectivity index (χ0v) is 45.3. The molecule has 0 saturated carbocycles. The lowest BCUT2D eigenvalue weighted by atomic mass is 10.1. The van der Waals surface area contributed by atoms with Crippen LogP contribution in [-0.4, -0.2) is 89.7 Å².